The largest absolute Gasteiger partial charge is 0.507 e. The molecule has 2 aromatic rings. The quantitative estimate of drug-likeness (QED) is 0.549. The second-order valence-electron chi connectivity index (χ2n) is 4.27. The Kier molecular flexibility index (Phi) is 5.05. The maximum atomic E-state index is 10.9. The molecule has 21 heavy (non-hydrogen) atoms. The third-order valence-electron chi connectivity index (χ3n) is 2.74. The lowest BCUT2D eigenvalue weighted by atomic mass is 10.2. The molecule has 0 aliphatic heterocycles. The Morgan fingerprint density at radius 2 is 1.90 bits per heavy atom. The predicted octanol–water partition coefficient (Wildman–Crippen LogP) is 3.34. The van der Waals surface area contributed by atoms with Crippen molar-refractivity contribution in [3.63, 3.8) is 0 Å². The fourth-order valence-corrected chi connectivity index (χ4v) is 1.98. The van der Waals surface area contributed by atoms with E-state index in [2.05, 4.69) is 21.2 Å². The average molecular weight is 352 g/mol. The van der Waals surface area contributed by atoms with Crippen LogP contribution in [0.5, 0.6) is 11.5 Å². The molecule has 2 aromatic carbocycles. The topological polar surface area (TPSA) is 78.8 Å². The lowest BCUT2D eigenvalue weighted by Crippen LogP contribution is -2.11. The minimum absolute atomic E-state index is 0.131. The van der Waals surface area contributed by atoms with E-state index in [9.17, 15) is 9.90 Å². The van der Waals surface area contributed by atoms with Crippen molar-refractivity contribution in [3.05, 3.63) is 52.5 Å². The Bertz CT molecular complexity index is 628. The summed E-state index contributed by atoms with van der Waals surface area (Å²) in [4.78, 5) is 10.9. The first kappa shape index (κ1) is 15.2. The van der Waals surface area contributed by atoms with Crippen LogP contribution in [-0.2, 0) is 0 Å². The number of carbonyl (C=O) groups is 1. The van der Waals surface area contributed by atoms with Crippen LogP contribution in [-0.4, -0.2) is 29.3 Å². The zero-order chi connectivity index (χ0) is 15.2. The molecular weight excluding hydrogens is 338 g/mol. The van der Waals surface area contributed by atoms with Crippen LogP contribution in [0.2, 0.25) is 0 Å². The van der Waals surface area contributed by atoms with E-state index in [0.717, 1.165) is 10.2 Å². The highest BCUT2D eigenvalue weighted by Gasteiger charge is 2.09. The van der Waals surface area contributed by atoms with Crippen LogP contribution in [0.3, 0.4) is 0 Å². The normalized spacial score (nSPS) is 10.1. The molecule has 0 radical (unpaired) electrons. The number of aromatic carboxylic acids is 1. The molecule has 0 aliphatic rings. The Labute approximate surface area is 130 Å². The van der Waals surface area contributed by atoms with Gasteiger partial charge in [-0.05, 0) is 42.5 Å². The highest BCUT2D eigenvalue weighted by Crippen LogP contribution is 2.21. The van der Waals surface area contributed by atoms with Crippen molar-refractivity contribution in [3.8, 4) is 11.5 Å². The SMILES string of the molecule is O=C(O)c1cc(NCCOc2ccc(Br)cc2)ccc1O. The Morgan fingerprint density at radius 1 is 1.19 bits per heavy atom. The van der Waals surface area contributed by atoms with Gasteiger partial charge < -0.3 is 20.3 Å². The molecule has 0 aromatic heterocycles. The molecule has 0 spiro atoms. The van der Waals surface area contributed by atoms with E-state index in [1.807, 2.05) is 24.3 Å². The molecule has 6 heteroatoms. The minimum Gasteiger partial charge on any atom is -0.507 e. The van der Waals surface area contributed by atoms with Crippen molar-refractivity contribution in [1.82, 2.24) is 0 Å². The van der Waals surface area contributed by atoms with E-state index < -0.39 is 5.97 Å². The molecule has 0 atom stereocenters. The third kappa shape index (κ3) is 4.39. The van der Waals surface area contributed by atoms with Crippen LogP contribution < -0.4 is 10.1 Å². The zero-order valence-electron chi connectivity index (χ0n) is 11.0. The van der Waals surface area contributed by atoms with Crippen molar-refractivity contribution in [2.45, 2.75) is 0 Å². The van der Waals surface area contributed by atoms with Gasteiger partial charge in [0.25, 0.3) is 0 Å². The first-order chi connectivity index (χ1) is 10.1. The lowest BCUT2D eigenvalue weighted by Gasteiger charge is -2.10. The lowest BCUT2D eigenvalue weighted by molar-refractivity contribution is 0.0694. The van der Waals surface area contributed by atoms with E-state index in [-0.39, 0.29) is 11.3 Å². The van der Waals surface area contributed by atoms with Gasteiger partial charge in [-0.2, -0.15) is 0 Å². The van der Waals surface area contributed by atoms with Gasteiger partial charge in [0, 0.05) is 16.7 Å². The predicted molar refractivity (Wildman–Crippen MR) is 83.2 cm³/mol. The van der Waals surface area contributed by atoms with Crippen LogP contribution in [0.25, 0.3) is 0 Å². The monoisotopic (exact) mass is 351 g/mol. The molecule has 0 saturated heterocycles. The second-order valence-corrected chi connectivity index (χ2v) is 5.18. The molecule has 0 unspecified atom stereocenters. The number of phenols is 1. The van der Waals surface area contributed by atoms with Gasteiger partial charge in [-0.15, -0.1) is 0 Å². The minimum atomic E-state index is -1.16. The maximum Gasteiger partial charge on any atom is 0.339 e. The summed E-state index contributed by atoms with van der Waals surface area (Å²) < 4.78 is 6.52. The fourth-order valence-electron chi connectivity index (χ4n) is 1.71. The number of carboxylic acid groups (broad SMARTS) is 1. The van der Waals surface area contributed by atoms with Gasteiger partial charge in [0.15, 0.2) is 0 Å². The molecular formula is C15H14BrNO4. The van der Waals surface area contributed by atoms with Crippen LogP contribution >= 0.6 is 15.9 Å². The molecule has 0 aliphatic carbocycles. The molecule has 0 fully saturated rings. The summed E-state index contributed by atoms with van der Waals surface area (Å²) in [5, 5.41) is 21.4. The summed E-state index contributed by atoms with van der Waals surface area (Å²) in [5.41, 5.74) is 0.485. The summed E-state index contributed by atoms with van der Waals surface area (Å²) in [5.74, 6) is -0.654. The van der Waals surface area contributed by atoms with Gasteiger partial charge in [-0.25, -0.2) is 4.79 Å². The number of carboxylic acids is 1. The number of benzene rings is 2. The first-order valence-corrected chi connectivity index (χ1v) is 7.04. The van der Waals surface area contributed by atoms with Crippen LogP contribution in [0.1, 0.15) is 10.4 Å². The third-order valence-corrected chi connectivity index (χ3v) is 3.27. The number of hydrogen-bond acceptors (Lipinski definition) is 4. The van der Waals surface area contributed by atoms with Crippen molar-refractivity contribution in [2.75, 3.05) is 18.5 Å². The smallest absolute Gasteiger partial charge is 0.339 e. The molecule has 110 valence electrons. The number of halogens is 1. The van der Waals surface area contributed by atoms with Crippen LogP contribution in [0.4, 0.5) is 5.69 Å². The zero-order valence-corrected chi connectivity index (χ0v) is 12.6. The fraction of sp³-hybridized carbons (Fsp3) is 0.133. The summed E-state index contributed by atoms with van der Waals surface area (Å²) in [7, 11) is 0. The van der Waals surface area contributed by atoms with Gasteiger partial charge in [-0.1, -0.05) is 15.9 Å². The van der Waals surface area contributed by atoms with Gasteiger partial charge in [0.05, 0.1) is 0 Å². The van der Waals surface area contributed by atoms with Crippen molar-refractivity contribution in [1.29, 1.82) is 0 Å². The van der Waals surface area contributed by atoms with E-state index in [4.69, 9.17) is 9.84 Å². The summed E-state index contributed by atoms with van der Waals surface area (Å²) in [6.45, 7) is 0.949. The van der Waals surface area contributed by atoms with Crippen molar-refractivity contribution >= 4 is 27.6 Å². The molecule has 0 saturated carbocycles. The summed E-state index contributed by atoms with van der Waals surface area (Å²) >= 11 is 3.35. The van der Waals surface area contributed by atoms with E-state index in [1.165, 1.54) is 12.1 Å². The Morgan fingerprint density at radius 3 is 2.57 bits per heavy atom. The molecule has 5 nitrogen and oxygen atoms in total. The average Bonchev–Trinajstić information content (AvgIpc) is 2.46. The van der Waals surface area contributed by atoms with Gasteiger partial charge >= 0.3 is 5.97 Å². The molecule has 0 heterocycles. The van der Waals surface area contributed by atoms with Crippen LogP contribution in [0.15, 0.2) is 46.9 Å². The number of hydrogen-bond donors (Lipinski definition) is 3. The second kappa shape index (κ2) is 6.99. The summed E-state index contributed by atoms with van der Waals surface area (Å²) in [6.07, 6.45) is 0. The number of anilines is 1. The molecule has 2 rings (SSSR count). The van der Waals surface area contributed by atoms with Crippen LogP contribution in [0, 0.1) is 0 Å². The molecule has 0 bridgehead atoms. The number of aromatic hydroxyl groups is 1. The van der Waals surface area contributed by atoms with Crippen molar-refractivity contribution < 1.29 is 19.7 Å². The van der Waals surface area contributed by atoms with E-state index >= 15 is 0 Å². The van der Waals surface area contributed by atoms with Gasteiger partial charge in [-0.3, -0.25) is 0 Å². The van der Waals surface area contributed by atoms with Crippen molar-refractivity contribution in [2.24, 2.45) is 0 Å². The number of ether oxygens (including phenoxy) is 1. The highest BCUT2D eigenvalue weighted by atomic mass is 79.9. The Hall–Kier alpha value is -2.21. The van der Waals surface area contributed by atoms with Gasteiger partial charge in [0.2, 0.25) is 0 Å². The standard InChI is InChI=1S/C15H14BrNO4/c16-10-1-4-12(5-2-10)21-8-7-17-11-3-6-14(18)13(9-11)15(19)20/h1-6,9,17-18H,7-8H2,(H,19,20). The van der Waals surface area contributed by atoms with Gasteiger partial charge in [0.1, 0.15) is 23.7 Å². The highest BCUT2D eigenvalue weighted by molar-refractivity contribution is 9.10. The first-order valence-electron chi connectivity index (χ1n) is 6.25. The number of rotatable bonds is 6. The maximum absolute atomic E-state index is 10.9. The summed E-state index contributed by atoms with van der Waals surface area (Å²) in [6, 6.07) is 11.8. The van der Waals surface area contributed by atoms with E-state index in [0.29, 0.717) is 18.8 Å². The molecule has 3 N–H and O–H groups in total. The molecule has 0 amide bonds. The number of nitrogens with one attached hydrogen (secondary N) is 1. The Balaban J connectivity index is 1.85. The van der Waals surface area contributed by atoms with E-state index in [1.54, 1.807) is 6.07 Å².